The van der Waals surface area contributed by atoms with Crippen LogP contribution < -0.4 is 0 Å². The van der Waals surface area contributed by atoms with Gasteiger partial charge in [-0.3, -0.25) is 4.79 Å². The van der Waals surface area contributed by atoms with E-state index < -0.39 is 5.97 Å². The van der Waals surface area contributed by atoms with E-state index >= 15 is 0 Å². The molecule has 114 valence electrons. The summed E-state index contributed by atoms with van der Waals surface area (Å²) >= 11 is 0. The lowest BCUT2D eigenvalue weighted by Gasteiger charge is -2.35. The van der Waals surface area contributed by atoms with Crippen molar-refractivity contribution in [3.63, 3.8) is 0 Å². The zero-order valence-corrected chi connectivity index (χ0v) is 12.1. The van der Waals surface area contributed by atoms with Crippen LogP contribution in [0.2, 0.25) is 0 Å². The molecule has 2 atom stereocenters. The molecule has 2 fully saturated rings. The standard InChI is InChI=1S/C14H24N2O4/c1-2-20-12-4-3-6-15(10-12)14(19)16-7-5-11(9-16)8-13(17)18/h11-12H,2-10H2,1H3,(H,17,18). The summed E-state index contributed by atoms with van der Waals surface area (Å²) in [6.07, 6.45) is 3.09. The molecule has 6 nitrogen and oxygen atoms in total. The lowest BCUT2D eigenvalue weighted by Crippen LogP contribution is -2.48. The van der Waals surface area contributed by atoms with Crippen molar-refractivity contribution in [2.24, 2.45) is 5.92 Å². The van der Waals surface area contributed by atoms with Crippen LogP contribution >= 0.6 is 0 Å². The first-order valence-corrected chi connectivity index (χ1v) is 7.47. The molecule has 0 aromatic rings. The Morgan fingerprint density at radius 3 is 2.65 bits per heavy atom. The van der Waals surface area contributed by atoms with E-state index in [1.165, 1.54) is 0 Å². The first kappa shape index (κ1) is 15.1. The molecule has 0 spiro atoms. The van der Waals surface area contributed by atoms with Crippen LogP contribution in [-0.2, 0) is 9.53 Å². The first-order chi connectivity index (χ1) is 9.60. The van der Waals surface area contributed by atoms with Gasteiger partial charge in [0.25, 0.3) is 0 Å². The molecule has 2 rings (SSSR count). The third kappa shape index (κ3) is 3.85. The summed E-state index contributed by atoms with van der Waals surface area (Å²) in [6, 6.07) is 0.0438. The molecule has 0 radical (unpaired) electrons. The van der Waals surface area contributed by atoms with E-state index in [1.807, 2.05) is 11.8 Å². The molecule has 0 aliphatic carbocycles. The number of likely N-dealkylation sites (tertiary alicyclic amines) is 2. The lowest BCUT2D eigenvalue weighted by atomic mass is 10.1. The molecule has 1 N–H and O–H groups in total. The zero-order chi connectivity index (χ0) is 14.5. The Bertz CT molecular complexity index is 359. The predicted octanol–water partition coefficient (Wildman–Crippen LogP) is 1.40. The summed E-state index contributed by atoms with van der Waals surface area (Å²) in [5, 5.41) is 8.81. The van der Waals surface area contributed by atoms with E-state index in [0.717, 1.165) is 25.8 Å². The van der Waals surface area contributed by atoms with Gasteiger partial charge in [-0.25, -0.2) is 4.79 Å². The Kier molecular flexibility index (Phi) is 5.23. The van der Waals surface area contributed by atoms with Crippen molar-refractivity contribution in [2.45, 2.75) is 38.7 Å². The Hall–Kier alpha value is -1.30. The van der Waals surface area contributed by atoms with Crippen LogP contribution in [0.5, 0.6) is 0 Å². The number of amides is 2. The minimum atomic E-state index is -0.779. The molecule has 20 heavy (non-hydrogen) atoms. The zero-order valence-electron chi connectivity index (χ0n) is 12.1. The van der Waals surface area contributed by atoms with Gasteiger partial charge in [-0.15, -0.1) is 0 Å². The molecule has 6 heteroatoms. The van der Waals surface area contributed by atoms with Gasteiger partial charge in [0.15, 0.2) is 0 Å². The summed E-state index contributed by atoms with van der Waals surface area (Å²) in [6.45, 7) is 5.33. The summed E-state index contributed by atoms with van der Waals surface area (Å²) in [5.41, 5.74) is 0. The van der Waals surface area contributed by atoms with Gasteiger partial charge in [0.2, 0.25) is 0 Å². The number of nitrogens with zero attached hydrogens (tertiary/aromatic N) is 2. The van der Waals surface area contributed by atoms with Crippen molar-refractivity contribution in [2.75, 3.05) is 32.8 Å². The molecule has 2 saturated heterocycles. The largest absolute Gasteiger partial charge is 0.481 e. The first-order valence-electron chi connectivity index (χ1n) is 7.47. The molecule has 0 aromatic carbocycles. The summed E-state index contributed by atoms with van der Waals surface area (Å²) in [7, 11) is 0. The normalized spacial score (nSPS) is 26.9. The van der Waals surface area contributed by atoms with E-state index in [9.17, 15) is 9.59 Å². The fourth-order valence-corrected chi connectivity index (χ4v) is 3.10. The van der Waals surface area contributed by atoms with Crippen molar-refractivity contribution in [3.05, 3.63) is 0 Å². The molecule has 2 heterocycles. The number of piperidine rings is 1. The monoisotopic (exact) mass is 284 g/mol. The minimum absolute atomic E-state index is 0.0438. The molecule has 2 unspecified atom stereocenters. The molecule has 2 aliphatic rings. The Balaban J connectivity index is 1.83. The minimum Gasteiger partial charge on any atom is -0.481 e. The highest BCUT2D eigenvalue weighted by molar-refractivity contribution is 5.75. The molecule has 2 aliphatic heterocycles. The van der Waals surface area contributed by atoms with Crippen LogP contribution in [0, 0.1) is 5.92 Å². The number of carboxylic acid groups (broad SMARTS) is 1. The maximum Gasteiger partial charge on any atom is 0.320 e. The molecule has 0 saturated carbocycles. The maximum absolute atomic E-state index is 12.4. The van der Waals surface area contributed by atoms with Crippen LogP contribution in [0.15, 0.2) is 0 Å². The van der Waals surface area contributed by atoms with E-state index in [-0.39, 0.29) is 24.5 Å². The number of aliphatic carboxylic acids is 1. The van der Waals surface area contributed by atoms with Crippen LogP contribution in [0.4, 0.5) is 4.79 Å². The van der Waals surface area contributed by atoms with Crippen LogP contribution in [-0.4, -0.2) is 65.8 Å². The number of rotatable bonds is 4. The Morgan fingerprint density at radius 2 is 1.95 bits per heavy atom. The van der Waals surface area contributed by atoms with Gasteiger partial charge >= 0.3 is 12.0 Å². The summed E-state index contributed by atoms with van der Waals surface area (Å²) in [5.74, 6) is -0.678. The van der Waals surface area contributed by atoms with Crippen molar-refractivity contribution in [1.29, 1.82) is 0 Å². The second-order valence-corrected chi connectivity index (χ2v) is 5.65. The highest BCUT2D eigenvalue weighted by atomic mass is 16.5. The molecule has 0 bridgehead atoms. The summed E-state index contributed by atoms with van der Waals surface area (Å²) in [4.78, 5) is 26.8. The number of hydrogen-bond acceptors (Lipinski definition) is 3. The van der Waals surface area contributed by atoms with Gasteiger partial charge in [-0.05, 0) is 32.1 Å². The lowest BCUT2D eigenvalue weighted by molar-refractivity contribution is -0.138. The number of ether oxygens (including phenoxy) is 1. The predicted molar refractivity (Wildman–Crippen MR) is 73.5 cm³/mol. The van der Waals surface area contributed by atoms with E-state index in [0.29, 0.717) is 26.2 Å². The van der Waals surface area contributed by atoms with Gasteiger partial charge < -0.3 is 19.6 Å². The van der Waals surface area contributed by atoms with Crippen molar-refractivity contribution in [1.82, 2.24) is 9.80 Å². The molecular weight excluding hydrogens is 260 g/mol. The van der Waals surface area contributed by atoms with Gasteiger partial charge in [0, 0.05) is 39.2 Å². The Labute approximate surface area is 119 Å². The van der Waals surface area contributed by atoms with Gasteiger partial charge in [-0.1, -0.05) is 0 Å². The smallest absolute Gasteiger partial charge is 0.320 e. The van der Waals surface area contributed by atoms with E-state index in [4.69, 9.17) is 9.84 Å². The summed E-state index contributed by atoms with van der Waals surface area (Å²) < 4.78 is 5.61. The third-order valence-corrected chi connectivity index (χ3v) is 4.07. The second-order valence-electron chi connectivity index (χ2n) is 5.65. The Morgan fingerprint density at radius 1 is 1.20 bits per heavy atom. The van der Waals surface area contributed by atoms with Crippen molar-refractivity contribution >= 4 is 12.0 Å². The van der Waals surface area contributed by atoms with Gasteiger partial charge in [-0.2, -0.15) is 0 Å². The maximum atomic E-state index is 12.4. The fraction of sp³-hybridized carbons (Fsp3) is 0.857. The van der Waals surface area contributed by atoms with Crippen LogP contribution in [0.25, 0.3) is 0 Å². The van der Waals surface area contributed by atoms with Crippen LogP contribution in [0.1, 0.15) is 32.6 Å². The highest BCUT2D eigenvalue weighted by Gasteiger charge is 2.32. The average Bonchev–Trinajstić information content (AvgIpc) is 2.86. The quantitative estimate of drug-likeness (QED) is 0.847. The SMILES string of the molecule is CCOC1CCCN(C(=O)N2CCC(CC(=O)O)C2)C1. The van der Waals surface area contributed by atoms with Gasteiger partial charge in [0.1, 0.15) is 0 Å². The fourth-order valence-electron chi connectivity index (χ4n) is 3.10. The van der Waals surface area contributed by atoms with Crippen LogP contribution in [0.3, 0.4) is 0 Å². The van der Waals surface area contributed by atoms with Crippen molar-refractivity contribution < 1.29 is 19.4 Å². The molecule has 2 amide bonds. The topological polar surface area (TPSA) is 70.1 Å². The number of carbonyl (C=O) groups is 2. The highest BCUT2D eigenvalue weighted by Crippen LogP contribution is 2.22. The molecular formula is C14H24N2O4. The van der Waals surface area contributed by atoms with E-state index in [1.54, 1.807) is 4.90 Å². The number of carbonyl (C=O) groups excluding carboxylic acids is 1. The second kappa shape index (κ2) is 6.92. The van der Waals surface area contributed by atoms with Gasteiger partial charge in [0.05, 0.1) is 6.10 Å². The number of carboxylic acids is 1. The van der Waals surface area contributed by atoms with E-state index in [2.05, 4.69) is 0 Å². The number of hydrogen-bond donors (Lipinski definition) is 1. The third-order valence-electron chi connectivity index (χ3n) is 4.07. The average molecular weight is 284 g/mol. The molecule has 0 aromatic heterocycles. The van der Waals surface area contributed by atoms with Crippen molar-refractivity contribution in [3.8, 4) is 0 Å². The number of urea groups is 1.